The molecule has 0 N–H and O–H groups in total. The van der Waals surface area contributed by atoms with Crippen LogP contribution in [0.3, 0.4) is 0 Å². The predicted octanol–water partition coefficient (Wildman–Crippen LogP) is 2.77. The van der Waals surface area contributed by atoms with Gasteiger partial charge in [0.15, 0.2) is 6.61 Å². The van der Waals surface area contributed by atoms with Gasteiger partial charge in [0.1, 0.15) is 0 Å². The predicted molar refractivity (Wildman–Crippen MR) is 113 cm³/mol. The third-order valence-electron chi connectivity index (χ3n) is 6.03. The SMILES string of the molecule is CC1CCN(C(=O)COC(=O)c2ccc(S(=O)(=O)N3C[C@H](C)C[C@@H](C)C3)cc2)CC1. The van der Waals surface area contributed by atoms with E-state index in [9.17, 15) is 18.0 Å². The highest BCUT2D eigenvalue weighted by atomic mass is 32.2. The van der Waals surface area contributed by atoms with Gasteiger partial charge in [0, 0.05) is 26.2 Å². The van der Waals surface area contributed by atoms with Crippen LogP contribution in [0.2, 0.25) is 0 Å². The molecule has 0 spiro atoms. The molecule has 30 heavy (non-hydrogen) atoms. The van der Waals surface area contributed by atoms with Crippen molar-refractivity contribution < 1.29 is 22.7 Å². The van der Waals surface area contributed by atoms with Crippen molar-refractivity contribution in [3.05, 3.63) is 29.8 Å². The van der Waals surface area contributed by atoms with Crippen LogP contribution >= 0.6 is 0 Å². The minimum absolute atomic E-state index is 0.166. The maximum Gasteiger partial charge on any atom is 0.338 e. The molecule has 2 heterocycles. The van der Waals surface area contributed by atoms with E-state index in [4.69, 9.17) is 4.74 Å². The quantitative estimate of drug-likeness (QED) is 0.663. The number of nitrogens with zero attached hydrogens (tertiary/aromatic N) is 2. The van der Waals surface area contributed by atoms with Crippen LogP contribution in [0.25, 0.3) is 0 Å². The number of carbonyl (C=O) groups excluding carboxylic acids is 2. The Kier molecular flexibility index (Phi) is 7.18. The number of carbonyl (C=O) groups is 2. The summed E-state index contributed by atoms with van der Waals surface area (Å²) in [5.41, 5.74) is 0.231. The Bertz CT molecular complexity index is 850. The number of hydrogen-bond donors (Lipinski definition) is 0. The molecule has 0 aliphatic carbocycles. The lowest BCUT2D eigenvalue weighted by Gasteiger charge is -2.34. The summed E-state index contributed by atoms with van der Waals surface area (Å²) in [4.78, 5) is 26.4. The molecule has 7 nitrogen and oxygen atoms in total. The van der Waals surface area contributed by atoms with Gasteiger partial charge in [0.25, 0.3) is 5.91 Å². The highest BCUT2D eigenvalue weighted by Crippen LogP contribution is 2.26. The number of rotatable bonds is 5. The fourth-order valence-electron chi connectivity index (χ4n) is 4.27. The Morgan fingerprint density at radius 3 is 2.10 bits per heavy atom. The number of amides is 1. The van der Waals surface area contributed by atoms with E-state index in [-0.39, 0.29) is 23.0 Å². The van der Waals surface area contributed by atoms with Crippen LogP contribution in [-0.4, -0.2) is 62.3 Å². The second-order valence-corrected chi connectivity index (χ2v) is 10.9. The fraction of sp³-hybridized carbons (Fsp3) is 0.636. The van der Waals surface area contributed by atoms with Gasteiger partial charge in [-0.05, 0) is 61.3 Å². The highest BCUT2D eigenvalue weighted by molar-refractivity contribution is 7.89. The van der Waals surface area contributed by atoms with Gasteiger partial charge < -0.3 is 9.64 Å². The molecule has 8 heteroatoms. The van der Waals surface area contributed by atoms with Gasteiger partial charge in [-0.25, -0.2) is 13.2 Å². The maximum atomic E-state index is 12.9. The van der Waals surface area contributed by atoms with Gasteiger partial charge in [-0.3, -0.25) is 4.79 Å². The molecule has 0 radical (unpaired) electrons. The topological polar surface area (TPSA) is 84.0 Å². The van der Waals surface area contributed by atoms with Crippen LogP contribution in [0.1, 0.15) is 50.4 Å². The van der Waals surface area contributed by atoms with Crippen LogP contribution in [0, 0.1) is 17.8 Å². The molecule has 0 unspecified atom stereocenters. The largest absolute Gasteiger partial charge is 0.452 e. The summed E-state index contributed by atoms with van der Waals surface area (Å²) in [5.74, 6) is 0.431. The van der Waals surface area contributed by atoms with E-state index in [1.807, 2.05) is 0 Å². The van der Waals surface area contributed by atoms with E-state index >= 15 is 0 Å². The first-order valence-electron chi connectivity index (χ1n) is 10.7. The van der Waals surface area contributed by atoms with Crippen LogP contribution < -0.4 is 0 Å². The van der Waals surface area contributed by atoms with Crippen molar-refractivity contribution in [1.82, 2.24) is 9.21 Å². The molecule has 166 valence electrons. The van der Waals surface area contributed by atoms with E-state index in [0.29, 0.717) is 43.9 Å². The second kappa shape index (κ2) is 9.47. The van der Waals surface area contributed by atoms with Crippen molar-refractivity contribution in [2.45, 2.75) is 44.9 Å². The molecule has 2 aliphatic rings. The Morgan fingerprint density at radius 1 is 0.967 bits per heavy atom. The number of likely N-dealkylation sites (tertiary alicyclic amines) is 1. The average Bonchev–Trinajstić information content (AvgIpc) is 2.71. The second-order valence-electron chi connectivity index (χ2n) is 8.93. The number of hydrogen-bond acceptors (Lipinski definition) is 5. The zero-order valence-electron chi connectivity index (χ0n) is 18.0. The molecule has 2 atom stereocenters. The summed E-state index contributed by atoms with van der Waals surface area (Å²) in [6.45, 7) is 8.39. The van der Waals surface area contributed by atoms with Crippen molar-refractivity contribution in [2.75, 3.05) is 32.8 Å². The molecular weight excluding hydrogens is 404 g/mol. The first kappa shape index (κ1) is 22.7. The molecule has 2 aliphatic heterocycles. The third-order valence-corrected chi connectivity index (χ3v) is 7.87. The summed E-state index contributed by atoms with van der Waals surface area (Å²) in [6.07, 6.45) is 2.94. The lowest BCUT2D eigenvalue weighted by molar-refractivity contribution is -0.135. The monoisotopic (exact) mass is 436 g/mol. The molecule has 0 aromatic heterocycles. The maximum absolute atomic E-state index is 12.9. The molecule has 1 aromatic rings. The number of ether oxygens (including phenoxy) is 1. The number of benzene rings is 1. The molecule has 0 saturated carbocycles. The van der Waals surface area contributed by atoms with Gasteiger partial charge in [0.05, 0.1) is 10.5 Å². The zero-order valence-corrected chi connectivity index (χ0v) is 18.9. The van der Waals surface area contributed by atoms with Gasteiger partial charge in [-0.2, -0.15) is 4.31 Å². The van der Waals surface area contributed by atoms with E-state index in [0.717, 1.165) is 19.3 Å². The lowest BCUT2D eigenvalue weighted by Crippen LogP contribution is -2.42. The molecule has 2 saturated heterocycles. The van der Waals surface area contributed by atoms with E-state index in [2.05, 4.69) is 20.8 Å². The van der Waals surface area contributed by atoms with Crippen LogP contribution in [-0.2, 0) is 19.6 Å². The molecule has 1 aromatic carbocycles. The minimum Gasteiger partial charge on any atom is -0.452 e. The summed E-state index contributed by atoms with van der Waals surface area (Å²) in [6, 6.07) is 5.76. The standard InChI is InChI=1S/C22H32N2O5S/c1-16-8-10-23(11-9-16)21(25)15-29-22(26)19-4-6-20(7-5-19)30(27,28)24-13-17(2)12-18(3)14-24/h4-7,16-18H,8-15H2,1-3H3/t17-,18-/m1/s1. The Balaban J connectivity index is 1.58. The number of piperidine rings is 2. The van der Waals surface area contributed by atoms with Crippen LogP contribution in [0.5, 0.6) is 0 Å². The zero-order chi connectivity index (χ0) is 21.9. The summed E-state index contributed by atoms with van der Waals surface area (Å²) in [7, 11) is -3.59. The van der Waals surface area contributed by atoms with E-state index in [1.165, 1.54) is 28.6 Å². The fourth-order valence-corrected chi connectivity index (χ4v) is 5.95. The Labute approximate surface area is 179 Å². The first-order chi connectivity index (χ1) is 14.2. The van der Waals surface area contributed by atoms with Gasteiger partial charge in [-0.15, -0.1) is 0 Å². The summed E-state index contributed by atoms with van der Waals surface area (Å²) in [5, 5.41) is 0. The lowest BCUT2D eigenvalue weighted by atomic mass is 9.94. The van der Waals surface area contributed by atoms with Crippen molar-refractivity contribution in [3.63, 3.8) is 0 Å². The van der Waals surface area contributed by atoms with Gasteiger partial charge >= 0.3 is 5.97 Å². The van der Waals surface area contributed by atoms with Crippen molar-refractivity contribution in [2.24, 2.45) is 17.8 Å². The molecule has 2 fully saturated rings. The normalized spacial score (nSPS) is 23.9. The first-order valence-corrected chi connectivity index (χ1v) is 12.2. The van der Waals surface area contributed by atoms with Crippen molar-refractivity contribution in [3.8, 4) is 0 Å². The van der Waals surface area contributed by atoms with Crippen LogP contribution in [0.4, 0.5) is 0 Å². The number of sulfonamides is 1. The Hall–Kier alpha value is -1.93. The Morgan fingerprint density at radius 2 is 1.53 bits per heavy atom. The molecule has 0 bridgehead atoms. The average molecular weight is 437 g/mol. The highest BCUT2D eigenvalue weighted by Gasteiger charge is 2.31. The van der Waals surface area contributed by atoms with E-state index < -0.39 is 16.0 Å². The molecule has 3 rings (SSSR count). The van der Waals surface area contributed by atoms with Gasteiger partial charge in [0.2, 0.25) is 10.0 Å². The van der Waals surface area contributed by atoms with Gasteiger partial charge in [-0.1, -0.05) is 20.8 Å². The van der Waals surface area contributed by atoms with Crippen molar-refractivity contribution >= 4 is 21.9 Å². The van der Waals surface area contributed by atoms with Crippen molar-refractivity contribution in [1.29, 1.82) is 0 Å². The minimum atomic E-state index is -3.59. The number of esters is 1. The van der Waals surface area contributed by atoms with Crippen LogP contribution in [0.15, 0.2) is 29.2 Å². The summed E-state index contributed by atoms with van der Waals surface area (Å²) >= 11 is 0. The molecular formula is C22H32N2O5S. The summed E-state index contributed by atoms with van der Waals surface area (Å²) < 4.78 is 32.5. The smallest absolute Gasteiger partial charge is 0.338 e. The third kappa shape index (κ3) is 5.40. The van der Waals surface area contributed by atoms with E-state index in [1.54, 1.807) is 4.90 Å². The molecule has 1 amide bonds.